The van der Waals surface area contributed by atoms with Crippen LogP contribution in [-0.2, 0) is 19.6 Å². The highest BCUT2D eigenvalue weighted by atomic mass is 79.9. The number of carbonyl (C=O) groups is 2. The number of fused-ring (bicyclic) bond motifs is 1. The predicted octanol–water partition coefficient (Wildman–Crippen LogP) is 3.54. The molecule has 2 aromatic carbocycles. The minimum atomic E-state index is -3.90. The maximum Gasteiger partial charge on any atom is 0.310 e. The van der Waals surface area contributed by atoms with Gasteiger partial charge in [0, 0.05) is 23.7 Å². The van der Waals surface area contributed by atoms with E-state index in [0.717, 1.165) is 5.56 Å². The van der Waals surface area contributed by atoms with Crippen molar-refractivity contribution in [1.82, 2.24) is 0 Å². The van der Waals surface area contributed by atoms with Crippen molar-refractivity contribution in [2.75, 3.05) is 10.8 Å². The average molecular weight is 494 g/mol. The molecule has 1 aliphatic heterocycles. The van der Waals surface area contributed by atoms with Crippen molar-refractivity contribution >= 4 is 43.4 Å². The van der Waals surface area contributed by atoms with E-state index in [1.807, 2.05) is 13.0 Å². The molecule has 0 spiro atoms. The van der Waals surface area contributed by atoms with Crippen molar-refractivity contribution in [2.24, 2.45) is 5.41 Å². The molecule has 1 heterocycles. The molecule has 0 radical (unpaired) electrons. The molecule has 9 heteroatoms. The Morgan fingerprint density at radius 3 is 2.63 bits per heavy atom. The van der Waals surface area contributed by atoms with Crippen LogP contribution in [0, 0.1) is 12.3 Å². The number of hydrogen-bond donors (Lipinski definition) is 1. The zero-order valence-electron chi connectivity index (χ0n) is 16.2. The van der Waals surface area contributed by atoms with E-state index in [4.69, 9.17) is 4.74 Å². The second-order valence-corrected chi connectivity index (χ2v) is 10.7. The molecular weight excluding hydrogens is 474 g/mol. The van der Waals surface area contributed by atoms with Crippen molar-refractivity contribution in [3.8, 4) is 5.75 Å². The molecule has 0 aromatic heterocycles. The van der Waals surface area contributed by atoms with Crippen LogP contribution in [0.2, 0.25) is 0 Å². The number of aliphatic carboxylic acids is 1. The first-order valence-electron chi connectivity index (χ1n) is 9.41. The number of rotatable bonds is 5. The molecule has 1 saturated carbocycles. The van der Waals surface area contributed by atoms with Gasteiger partial charge in [-0.3, -0.25) is 13.9 Å². The number of carbonyl (C=O) groups excluding carboxylic acids is 1. The van der Waals surface area contributed by atoms with Crippen LogP contribution in [0.4, 0.5) is 5.69 Å². The lowest BCUT2D eigenvalue weighted by Crippen LogP contribution is -2.51. The molecule has 1 aliphatic carbocycles. The van der Waals surface area contributed by atoms with Crippen LogP contribution in [0.25, 0.3) is 0 Å². The van der Waals surface area contributed by atoms with Gasteiger partial charge in [0.15, 0.2) is 0 Å². The Morgan fingerprint density at radius 1 is 1.27 bits per heavy atom. The lowest BCUT2D eigenvalue weighted by molar-refractivity contribution is -0.163. The molecule has 2 aliphatic rings. The summed E-state index contributed by atoms with van der Waals surface area (Å²) < 4.78 is 34.9. The summed E-state index contributed by atoms with van der Waals surface area (Å²) >= 11 is 3.37. The largest absolute Gasteiger partial charge is 0.486 e. The zero-order chi connectivity index (χ0) is 21.7. The summed E-state index contributed by atoms with van der Waals surface area (Å²) in [5.41, 5.74) is -0.00253. The number of ketones is 1. The van der Waals surface area contributed by atoms with E-state index in [2.05, 4.69) is 15.9 Å². The minimum Gasteiger partial charge on any atom is -0.486 e. The molecule has 1 fully saturated rings. The highest BCUT2D eigenvalue weighted by Gasteiger charge is 2.52. The Hall–Kier alpha value is -2.39. The Labute approximate surface area is 182 Å². The van der Waals surface area contributed by atoms with Crippen LogP contribution in [0.5, 0.6) is 5.75 Å². The first-order valence-corrected chi connectivity index (χ1v) is 11.6. The SMILES string of the molecule is Cc1cccc(S(=O)(=O)N2C[C@H](CC3(C(=O)O)CC(=O)C3)Oc3ccc(Br)cc32)c1. The number of hydrogen-bond acceptors (Lipinski definition) is 5. The molecule has 158 valence electrons. The molecule has 30 heavy (non-hydrogen) atoms. The van der Waals surface area contributed by atoms with E-state index in [-0.39, 0.29) is 36.5 Å². The third kappa shape index (κ3) is 3.60. The monoisotopic (exact) mass is 493 g/mol. The lowest BCUT2D eigenvalue weighted by atomic mass is 9.64. The van der Waals surface area contributed by atoms with Gasteiger partial charge in [-0.15, -0.1) is 0 Å². The van der Waals surface area contributed by atoms with Crippen molar-refractivity contribution < 1.29 is 27.9 Å². The smallest absolute Gasteiger partial charge is 0.310 e. The van der Waals surface area contributed by atoms with Gasteiger partial charge in [0.2, 0.25) is 0 Å². The van der Waals surface area contributed by atoms with Gasteiger partial charge >= 0.3 is 5.97 Å². The first kappa shape index (κ1) is 20.9. The van der Waals surface area contributed by atoms with Gasteiger partial charge in [-0.1, -0.05) is 28.1 Å². The number of anilines is 1. The number of Topliss-reactive ketones (excluding diaryl/α,β-unsaturated/α-hetero) is 1. The third-order valence-electron chi connectivity index (χ3n) is 5.57. The standard InChI is InChI=1S/C21H20BrNO6S/c1-13-3-2-4-17(7-13)30(27,28)23-12-16(11-21(20(25)26)9-15(24)10-21)29-19-6-5-14(22)8-18(19)23/h2-8,16H,9-12H2,1H3,(H,25,26)/t16-/m0/s1. The fourth-order valence-electron chi connectivity index (χ4n) is 4.04. The highest BCUT2D eigenvalue weighted by Crippen LogP contribution is 2.46. The molecule has 4 rings (SSSR count). The molecular formula is C21H20BrNO6S. The first-order chi connectivity index (χ1) is 14.1. The van der Waals surface area contributed by atoms with Crippen LogP contribution in [0.3, 0.4) is 0 Å². The number of aryl methyl sites for hydroxylation is 1. The van der Waals surface area contributed by atoms with Crippen molar-refractivity contribution in [3.63, 3.8) is 0 Å². The van der Waals surface area contributed by atoms with E-state index in [9.17, 15) is 23.1 Å². The number of ether oxygens (including phenoxy) is 1. The van der Waals surface area contributed by atoms with Gasteiger partial charge in [0.05, 0.1) is 22.5 Å². The number of benzene rings is 2. The van der Waals surface area contributed by atoms with E-state index in [1.165, 1.54) is 10.4 Å². The second kappa shape index (κ2) is 7.39. The third-order valence-corrected chi connectivity index (χ3v) is 7.84. The summed E-state index contributed by atoms with van der Waals surface area (Å²) in [7, 11) is -3.90. The molecule has 0 saturated heterocycles. The molecule has 7 nitrogen and oxygen atoms in total. The number of carboxylic acid groups (broad SMARTS) is 1. The van der Waals surface area contributed by atoms with Gasteiger partial charge in [0.25, 0.3) is 10.0 Å². The second-order valence-electron chi connectivity index (χ2n) is 7.89. The molecule has 0 bridgehead atoms. The number of carboxylic acids is 1. The Bertz CT molecular complexity index is 1140. The normalized spacial score (nSPS) is 20.1. The molecule has 1 N–H and O–H groups in total. The van der Waals surface area contributed by atoms with Crippen LogP contribution >= 0.6 is 15.9 Å². The summed E-state index contributed by atoms with van der Waals surface area (Å²) in [6.45, 7) is 1.78. The van der Waals surface area contributed by atoms with Gasteiger partial charge in [-0.25, -0.2) is 8.42 Å². The Balaban J connectivity index is 1.73. The van der Waals surface area contributed by atoms with Crippen molar-refractivity contribution in [2.45, 2.75) is 37.2 Å². The number of halogens is 1. The van der Waals surface area contributed by atoms with Crippen LogP contribution < -0.4 is 9.04 Å². The lowest BCUT2D eigenvalue weighted by Gasteiger charge is -2.42. The van der Waals surface area contributed by atoms with E-state index in [0.29, 0.717) is 15.9 Å². The van der Waals surface area contributed by atoms with E-state index >= 15 is 0 Å². The van der Waals surface area contributed by atoms with Gasteiger partial charge in [0.1, 0.15) is 17.6 Å². The van der Waals surface area contributed by atoms with Gasteiger partial charge in [-0.2, -0.15) is 0 Å². The van der Waals surface area contributed by atoms with E-state index < -0.39 is 27.5 Å². The quantitative estimate of drug-likeness (QED) is 0.683. The van der Waals surface area contributed by atoms with E-state index in [1.54, 1.807) is 30.3 Å². The summed E-state index contributed by atoms with van der Waals surface area (Å²) in [5, 5.41) is 9.65. The van der Waals surface area contributed by atoms with Crippen molar-refractivity contribution in [3.05, 3.63) is 52.5 Å². The summed E-state index contributed by atoms with van der Waals surface area (Å²) in [6, 6.07) is 11.7. The molecule has 2 aromatic rings. The molecule has 0 unspecified atom stereocenters. The fraction of sp³-hybridized carbons (Fsp3) is 0.333. The Morgan fingerprint density at radius 2 is 2.00 bits per heavy atom. The molecule has 1 atom stereocenters. The summed E-state index contributed by atoms with van der Waals surface area (Å²) in [4.78, 5) is 23.5. The van der Waals surface area contributed by atoms with Crippen LogP contribution in [0.15, 0.2) is 51.8 Å². The summed E-state index contributed by atoms with van der Waals surface area (Å²) in [5.74, 6) is -0.806. The summed E-state index contributed by atoms with van der Waals surface area (Å²) in [6.07, 6.45) is -0.744. The number of nitrogens with zero attached hydrogens (tertiary/aromatic N) is 1. The van der Waals surface area contributed by atoms with Crippen molar-refractivity contribution in [1.29, 1.82) is 0 Å². The zero-order valence-corrected chi connectivity index (χ0v) is 18.6. The average Bonchev–Trinajstić information content (AvgIpc) is 2.66. The topological polar surface area (TPSA) is 101 Å². The van der Waals surface area contributed by atoms with Crippen LogP contribution in [0.1, 0.15) is 24.8 Å². The predicted molar refractivity (Wildman–Crippen MR) is 113 cm³/mol. The molecule has 0 amide bonds. The minimum absolute atomic E-state index is 0.0387. The fourth-order valence-corrected chi connectivity index (χ4v) is 6.00. The maximum absolute atomic E-state index is 13.5. The van der Waals surface area contributed by atoms with Gasteiger partial charge < -0.3 is 9.84 Å². The van der Waals surface area contributed by atoms with Gasteiger partial charge in [-0.05, 0) is 42.8 Å². The number of sulfonamides is 1. The van der Waals surface area contributed by atoms with Crippen LogP contribution in [-0.4, -0.2) is 37.9 Å². The maximum atomic E-state index is 13.5. The Kier molecular flexibility index (Phi) is 5.14. The highest BCUT2D eigenvalue weighted by molar-refractivity contribution is 9.10.